The molecule has 1 aliphatic heterocycles. The molecule has 1 saturated heterocycles. The molecule has 1 atom stereocenters. The van der Waals surface area contributed by atoms with Gasteiger partial charge in [0.2, 0.25) is 0 Å². The van der Waals surface area contributed by atoms with E-state index in [1.54, 1.807) is 6.20 Å². The molecule has 0 spiro atoms. The molecule has 3 rings (SSSR count). The normalized spacial score (nSPS) is 18.4. The van der Waals surface area contributed by atoms with Crippen LogP contribution < -0.4 is 0 Å². The zero-order valence-corrected chi connectivity index (χ0v) is 14.1. The quantitative estimate of drug-likeness (QED) is 0.789. The van der Waals surface area contributed by atoms with Gasteiger partial charge in [0.1, 0.15) is 6.04 Å². The molecule has 0 radical (unpaired) electrons. The van der Waals surface area contributed by atoms with Crippen LogP contribution >= 0.6 is 31.9 Å². The standard InChI is InChI=1S/C14H12Br2N2O3/c15-9-4-7-8(6-17-11(7)5-10(9)16)13(19)18-3-1-2-12(18)14(20)21/h4-6,12,17H,1-3H2,(H,20,21)/t12-/m0/s1. The maximum Gasteiger partial charge on any atom is 0.326 e. The van der Waals surface area contributed by atoms with Crippen molar-refractivity contribution < 1.29 is 14.7 Å². The first-order chi connectivity index (χ1) is 9.99. The van der Waals surface area contributed by atoms with E-state index >= 15 is 0 Å². The van der Waals surface area contributed by atoms with Crippen LogP contribution in [0.2, 0.25) is 0 Å². The van der Waals surface area contributed by atoms with Crippen molar-refractivity contribution in [2.24, 2.45) is 0 Å². The van der Waals surface area contributed by atoms with E-state index in [2.05, 4.69) is 36.8 Å². The lowest BCUT2D eigenvalue weighted by atomic mass is 10.1. The molecule has 5 nitrogen and oxygen atoms in total. The number of hydrogen-bond donors (Lipinski definition) is 2. The number of likely N-dealkylation sites (tertiary alicyclic amines) is 1. The third-order valence-electron chi connectivity index (χ3n) is 3.75. The minimum absolute atomic E-state index is 0.236. The molecule has 1 aromatic heterocycles. The van der Waals surface area contributed by atoms with Crippen molar-refractivity contribution in [3.8, 4) is 0 Å². The molecule has 0 aliphatic carbocycles. The van der Waals surface area contributed by atoms with Crippen LogP contribution in [0, 0.1) is 0 Å². The van der Waals surface area contributed by atoms with E-state index in [-0.39, 0.29) is 5.91 Å². The number of carbonyl (C=O) groups is 2. The van der Waals surface area contributed by atoms with E-state index in [0.717, 1.165) is 26.3 Å². The summed E-state index contributed by atoms with van der Waals surface area (Å²) in [5, 5.41) is 9.99. The van der Waals surface area contributed by atoms with Crippen LogP contribution in [-0.2, 0) is 4.79 Å². The maximum atomic E-state index is 12.6. The van der Waals surface area contributed by atoms with Gasteiger partial charge in [-0.2, -0.15) is 0 Å². The van der Waals surface area contributed by atoms with E-state index in [9.17, 15) is 14.7 Å². The highest BCUT2D eigenvalue weighted by Crippen LogP contribution is 2.31. The largest absolute Gasteiger partial charge is 0.480 e. The summed E-state index contributed by atoms with van der Waals surface area (Å²) in [5.41, 5.74) is 1.34. The summed E-state index contributed by atoms with van der Waals surface area (Å²) in [6.45, 7) is 0.486. The van der Waals surface area contributed by atoms with Gasteiger partial charge in [0.05, 0.1) is 5.56 Å². The topological polar surface area (TPSA) is 73.4 Å². The molecule has 0 unspecified atom stereocenters. The number of halogens is 2. The van der Waals surface area contributed by atoms with Gasteiger partial charge < -0.3 is 15.0 Å². The molecule has 2 heterocycles. The van der Waals surface area contributed by atoms with Gasteiger partial charge in [0, 0.05) is 32.6 Å². The Balaban J connectivity index is 2.02. The second-order valence-corrected chi connectivity index (χ2v) is 6.72. The molecule has 1 aliphatic rings. The first kappa shape index (κ1) is 14.6. The molecule has 110 valence electrons. The molecule has 7 heteroatoms. The van der Waals surface area contributed by atoms with Crippen molar-refractivity contribution in [2.75, 3.05) is 6.54 Å². The summed E-state index contributed by atoms with van der Waals surface area (Å²) >= 11 is 6.84. The number of amides is 1. The predicted octanol–water partition coefficient (Wildman–Crippen LogP) is 3.38. The van der Waals surface area contributed by atoms with Gasteiger partial charge in [0.25, 0.3) is 5.91 Å². The van der Waals surface area contributed by atoms with Gasteiger partial charge >= 0.3 is 5.97 Å². The molecule has 2 aromatic rings. The van der Waals surface area contributed by atoms with E-state index in [0.29, 0.717) is 18.5 Å². The third kappa shape index (κ3) is 2.48. The van der Waals surface area contributed by atoms with E-state index < -0.39 is 12.0 Å². The number of aromatic amines is 1. The number of benzene rings is 1. The lowest BCUT2D eigenvalue weighted by Gasteiger charge is -2.21. The number of carboxylic acids is 1. The average molecular weight is 416 g/mol. The number of hydrogen-bond acceptors (Lipinski definition) is 2. The molecule has 0 saturated carbocycles. The van der Waals surface area contributed by atoms with Gasteiger partial charge in [-0.3, -0.25) is 4.79 Å². The van der Waals surface area contributed by atoms with Crippen molar-refractivity contribution in [3.05, 3.63) is 32.8 Å². The van der Waals surface area contributed by atoms with Crippen LogP contribution in [0.25, 0.3) is 10.9 Å². The molecule has 21 heavy (non-hydrogen) atoms. The van der Waals surface area contributed by atoms with Crippen LogP contribution in [-0.4, -0.2) is 39.5 Å². The van der Waals surface area contributed by atoms with Crippen molar-refractivity contribution in [1.29, 1.82) is 0 Å². The van der Waals surface area contributed by atoms with Gasteiger partial charge in [0.15, 0.2) is 0 Å². The highest BCUT2D eigenvalue weighted by Gasteiger charge is 2.35. The Morgan fingerprint density at radius 1 is 1.29 bits per heavy atom. The van der Waals surface area contributed by atoms with Crippen LogP contribution in [0.3, 0.4) is 0 Å². The number of rotatable bonds is 2. The van der Waals surface area contributed by atoms with Crippen molar-refractivity contribution in [3.63, 3.8) is 0 Å². The molecule has 2 N–H and O–H groups in total. The summed E-state index contributed by atoms with van der Waals surface area (Å²) in [4.78, 5) is 28.4. The first-order valence-corrected chi connectivity index (χ1v) is 8.07. The minimum atomic E-state index is -0.940. The van der Waals surface area contributed by atoms with Gasteiger partial charge in [-0.15, -0.1) is 0 Å². The van der Waals surface area contributed by atoms with E-state index in [4.69, 9.17) is 0 Å². The Kier molecular flexibility index (Phi) is 3.79. The molecular formula is C14H12Br2N2O3. The number of aromatic nitrogens is 1. The third-order valence-corrected chi connectivity index (χ3v) is 5.60. The Bertz CT molecular complexity index is 741. The summed E-state index contributed by atoms with van der Waals surface area (Å²) in [6.07, 6.45) is 2.88. The number of carbonyl (C=O) groups excluding carboxylic acids is 1. The van der Waals surface area contributed by atoms with Crippen molar-refractivity contribution >= 4 is 54.6 Å². The fraction of sp³-hybridized carbons (Fsp3) is 0.286. The van der Waals surface area contributed by atoms with Gasteiger partial charge in [-0.1, -0.05) is 0 Å². The van der Waals surface area contributed by atoms with Crippen LogP contribution in [0.15, 0.2) is 27.3 Å². The van der Waals surface area contributed by atoms with Crippen LogP contribution in [0.5, 0.6) is 0 Å². The number of nitrogens with zero attached hydrogens (tertiary/aromatic N) is 1. The molecule has 1 amide bonds. The summed E-state index contributed by atoms with van der Waals surface area (Å²) in [5.74, 6) is -1.18. The number of aliphatic carboxylic acids is 1. The molecular weight excluding hydrogens is 404 g/mol. The van der Waals surface area contributed by atoms with Gasteiger partial charge in [-0.05, 0) is 56.8 Å². The maximum absolute atomic E-state index is 12.6. The van der Waals surface area contributed by atoms with Crippen molar-refractivity contribution in [1.82, 2.24) is 9.88 Å². The Morgan fingerprint density at radius 3 is 2.71 bits per heavy atom. The summed E-state index contributed by atoms with van der Waals surface area (Å²) in [6, 6.07) is 3.02. The minimum Gasteiger partial charge on any atom is -0.480 e. The number of fused-ring (bicyclic) bond motifs is 1. The van der Waals surface area contributed by atoms with Crippen LogP contribution in [0.1, 0.15) is 23.2 Å². The fourth-order valence-corrected chi connectivity index (χ4v) is 3.40. The fourth-order valence-electron chi connectivity index (χ4n) is 2.71. The van der Waals surface area contributed by atoms with E-state index in [1.165, 1.54) is 4.90 Å². The highest BCUT2D eigenvalue weighted by atomic mass is 79.9. The second-order valence-electron chi connectivity index (χ2n) is 5.01. The molecule has 1 aromatic carbocycles. The first-order valence-electron chi connectivity index (χ1n) is 6.49. The highest BCUT2D eigenvalue weighted by molar-refractivity contribution is 9.13. The smallest absolute Gasteiger partial charge is 0.326 e. The Labute approximate surface area is 137 Å². The van der Waals surface area contributed by atoms with Crippen LogP contribution in [0.4, 0.5) is 0 Å². The summed E-state index contributed by atoms with van der Waals surface area (Å²) < 4.78 is 1.74. The van der Waals surface area contributed by atoms with Crippen molar-refractivity contribution in [2.45, 2.75) is 18.9 Å². The SMILES string of the molecule is O=C(O)[C@@H]1CCCN1C(=O)c1c[nH]c2cc(Br)c(Br)cc12. The second kappa shape index (κ2) is 5.46. The Morgan fingerprint density at radius 2 is 2.00 bits per heavy atom. The zero-order valence-electron chi connectivity index (χ0n) is 10.9. The average Bonchev–Trinajstić information content (AvgIpc) is 3.05. The number of H-pyrrole nitrogens is 1. The monoisotopic (exact) mass is 414 g/mol. The summed E-state index contributed by atoms with van der Waals surface area (Å²) in [7, 11) is 0. The number of nitrogens with one attached hydrogen (secondary N) is 1. The van der Waals surface area contributed by atoms with E-state index in [1.807, 2.05) is 12.1 Å². The zero-order chi connectivity index (χ0) is 15.1. The number of carboxylic acid groups (broad SMARTS) is 1. The molecule has 1 fully saturated rings. The molecule has 0 bridgehead atoms. The lowest BCUT2D eigenvalue weighted by molar-refractivity contribution is -0.141. The Hall–Kier alpha value is -1.34. The lowest BCUT2D eigenvalue weighted by Crippen LogP contribution is -2.40. The predicted molar refractivity (Wildman–Crippen MR) is 85.4 cm³/mol. The van der Waals surface area contributed by atoms with Gasteiger partial charge in [-0.25, -0.2) is 4.79 Å².